The van der Waals surface area contributed by atoms with Crippen LogP contribution in [0.2, 0.25) is 0 Å². The van der Waals surface area contributed by atoms with Gasteiger partial charge in [0.25, 0.3) is 5.97 Å². The van der Waals surface area contributed by atoms with Gasteiger partial charge in [-0.25, -0.2) is 0 Å². The first kappa shape index (κ1) is 11.0. The Kier molecular flexibility index (Phi) is 2.05. The Labute approximate surface area is 96.2 Å². The van der Waals surface area contributed by atoms with Gasteiger partial charge in [0.15, 0.2) is 0 Å². The smallest absolute Gasteiger partial charge is 0.280 e. The molecular weight excluding hydrogens is 208 g/mol. The van der Waals surface area contributed by atoms with Crippen LogP contribution in [0, 0.1) is 11.8 Å². The van der Waals surface area contributed by atoms with Crippen LogP contribution in [0.5, 0.6) is 0 Å². The number of methoxy groups -OCH3 is 1. The maximum Gasteiger partial charge on any atom is 0.280 e. The summed E-state index contributed by atoms with van der Waals surface area (Å²) >= 11 is 0. The molecule has 0 N–H and O–H groups in total. The van der Waals surface area contributed by atoms with E-state index in [9.17, 15) is 0 Å². The predicted molar refractivity (Wildman–Crippen MR) is 56.8 cm³/mol. The van der Waals surface area contributed by atoms with Gasteiger partial charge in [0.1, 0.15) is 11.7 Å². The van der Waals surface area contributed by atoms with Crippen LogP contribution in [0.3, 0.4) is 0 Å². The highest BCUT2D eigenvalue weighted by molar-refractivity contribution is 5.15. The van der Waals surface area contributed by atoms with Crippen molar-refractivity contribution in [2.45, 2.75) is 57.6 Å². The first-order chi connectivity index (χ1) is 7.41. The number of rotatable bonds is 1. The third-order valence-electron chi connectivity index (χ3n) is 4.67. The van der Waals surface area contributed by atoms with Gasteiger partial charge in [-0.1, -0.05) is 13.8 Å². The Morgan fingerprint density at radius 3 is 2.38 bits per heavy atom. The molecule has 3 rings (SSSR count). The lowest BCUT2D eigenvalue weighted by Crippen LogP contribution is -2.52. The molecule has 7 unspecified atom stereocenters. The van der Waals surface area contributed by atoms with Crippen molar-refractivity contribution >= 4 is 0 Å². The summed E-state index contributed by atoms with van der Waals surface area (Å²) in [6, 6.07) is 0. The average Bonchev–Trinajstić information content (AvgIpc) is 2.75. The summed E-state index contributed by atoms with van der Waals surface area (Å²) in [4.78, 5) is 0. The van der Waals surface area contributed by atoms with Gasteiger partial charge in [-0.3, -0.25) is 0 Å². The van der Waals surface area contributed by atoms with E-state index >= 15 is 0 Å². The number of hydrogen-bond donors (Lipinski definition) is 0. The molecule has 0 amide bonds. The van der Waals surface area contributed by atoms with Crippen LogP contribution in [0.15, 0.2) is 0 Å². The highest BCUT2D eigenvalue weighted by atomic mass is 16.9. The van der Waals surface area contributed by atoms with Gasteiger partial charge >= 0.3 is 0 Å². The Bertz CT molecular complexity index is 320. The van der Waals surface area contributed by atoms with E-state index in [-0.39, 0.29) is 23.9 Å². The van der Waals surface area contributed by atoms with E-state index < -0.39 is 5.97 Å². The van der Waals surface area contributed by atoms with Crippen LogP contribution >= 0.6 is 0 Å². The second kappa shape index (κ2) is 2.99. The molecule has 0 aromatic carbocycles. The fourth-order valence-electron chi connectivity index (χ4n) is 3.53. The van der Waals surface area contributed by atoms with E-state index in [4.69, 9.17) is 18.9 Å². The van der Waals surface area contributed by atoms with Crippen LogP contribution in [0.1, 0.15) is 27.7 Å². The molecule has 0 radical (unpaired) electrons. The maximum atomic E-state index is 6.00. The molecular formula is C12H20O4. The fraction of sp³-hybridized carbons (Fsp3) is 1.00. The molecule has 0 saturated carbocycles. The lowest BCUT2D eigenvalue weighted by molar-refractivity contribution is -0.338. The number of fused-ring (bicyclic) bond motifs is 5. The molecule has 0 aromatic heterocycles. The summed E-state index contributed by atoms with van der Waals surface area (Å²) in [6.07, 6.45) is 0.255. The van der Waals surface area contributed by atoms with Crippen LogP contribution in [0.4, 0.5) is 0 Å². The van der Waals surface area contributed by atoms with E-state index in [0.29, 0.717) is 11.8 Å². The molecule has 0 spiro atoms. The van der Waals surface area contributed by atoms with Gasteiger partial charge in [-0.2, -0.15) is 0 Å². The van der Waals surface area contributed by atoms with Crippen molar-refractivity contribution in [3.05, 3.63) is 0 Å². The van der Waals surface area contributed by atoms with E-state index in [1.54, 1.807) is 7.11 Å². The molecule has 3 fully saturated rings. The normalized spacial score (nSPS) is 63.9. The summed E-state index contributed by atoms with van der Waals surface area (Å²) in [5.74, 6) is 0.115. The first-order valence-corrected chi connectivity index (χ1v) is 6.00. The van der Waals surface area contributed by atoms with E-state index in [1.807, 2.05) is 6.92 Å². The molecule has 3 saturated heterocycles. The largest absolute Gasteiger partial charge is 0.368 e. The third-order valence-corrected chi connectivity index (χ3v) is 4.67. The van der Waals surface area contributed by atoms with Crippen LogP contribution < -0.4 is 0 Å². The SMILES string of the molecule is COC1(C)OC2C3OC(C(C)C3C)C2(C)O1. The average molecular weight is 228 g/mol. The maximum absolute atomic E-state index is 6.00. The van der Waals surface area contributed by atoms with Crippen molar-refractivity contribution < 1.29 is 18.9 Å². The molecule has 4 heteroatoms. The highest BCUT2D eigenvalue weighted by Gasteiger charge is 2.71. The van der Waals surface area contributed by atoms with Crippen LogP contribution in [0.25, 0.3) is 0 Å². The second-order valence-electron chi connectivity index (χ2n) is 5.63. The van der Waals surface area contributed by atoms with Gasteiger partial charge in [-0.15, -0.1) is 0 Å². The van der Waals surface area contributed by atoms with Gasteiger partial charge in [0, 0.05) is 14.0 Å². The summed E-state index contributed by atoms with van der Waals surface area (Å²) in [6.45, 7) is 8.35. The van der Waals surface area contributed by atoms with Crippen molar-refractivity contribution in [1.82, 2.24) is 0 Å². The van der Waals surface area contributed by atoms with Crippen molar-refractivity contribution in [2.24, 2.45) is 11.8 Å². The fourth-order valence-corrected chi connectivity index (χ4v) is 3.53. The molecule has 2 bridgehead atoms. The summed E-state index contributed by atoms with van der Waals surface area (Å²) in [5.41, 5.74) is -0.360. The van der Waals surface area contributed by atoms with Gasteiger partial charge in [0.2, 0.25) is 0 Å². The quantitative estimate of drug-likeness (QED) is 0.682. The minimum atomic E-state index is -0.913. The summed E-state index contributed by atoms with van der Waals surface area (Å²) < 4.78 is 23.2. The van der Waals surface area contributed by atoms with Crippen LogP contribution in [-0.2, 0) is 18.9 Å². The Morgan fingerprint density at radius 1 is 1.06 bits per heavy atom. The van der Waals surface area contributed by atoms with E-state index in [1.165, 1.54) is 0 Å². The number of hydrogen-bond acceptors (Lipinski definition) is 4. The van der Waals surface area contributed by atoms with E-state index in [0.717, 1.165) is 0 Å². The molecule has 3 aliphatic heterocycles. The lowest BCUT2D eigenvalue weighted by atomic mass is 9.72. The molecule has 3 aliphatic rings. The molecule has 16 heavy (non-hydrogen) atoms. The Hall–Kier alpha value is -0.160. The number of ether oxygens (including phenoxy) is 4. The second-order valence-corrected chi connectivity index (χ2v) is 5.63. The Morgan fingerprint density at radius 2 is 1.75 bits per heavy atom. The monoisotopic (exact) mass is 228 g/mol. The molecule has 92 valence electrons. The van der Waals surface area contributed by atoms with Gasteiger partial charge < -0.3 is 18.9 Å². The molecule has 3 heterocycles. The predicted octanol–water partition coefficient (Wildman–Crippen LogP) is 1.53. The Balaban J connectivity index is 1.94. The highest BCUT2D eigenvalue weighted by Crippen LogP contribution is 2.56. The van der Waals surface area contributed by atoms with Crippen LogP contribution in [-0.4, -0.2) is 37.0 Å². The molecule has 0 aromatic rings. The summed E-state index contributed by atoms with van der Waals surface area (Å²) in [5, 5.41) is 0. The van der Waals surface area contributed by atoms with Crippen molar-refractivity contribution in [3.8, 4) is 0 Å². The van der Waals surface area contributed by atoms with Gasteiger partial charge in [0.05, 0.1) is 12.2 Å². The molecule has 7 atom stereocenters. The van der Waals surface area contributed by atoms with Crippen molar-refractivity contribution in [3.63, 3.8) is 0 Å². The third kappa shape index (κ3) is 1.09. The summed E-state index contributed by atoms with van der Waals surface area (Å²) in [7, 11) is 1.61. The zero-order valence-corrected chi connectivity index (χ0v) is 10.5. The minimum absolute atomic E-state index is 0.00588. The van der Waals surface area contributed by atoms with Gasteiger partial charge in [-0.05, 0) is 18.8 Å². The molecule has 0 aliphatic carbocycles. The standard InChI is InChI=1S/C12H20O4/c1-6-7(2)9-11(3)10(8(6)14-9)15-12(4,13-5)16-11/h6-10H,1-5H3. The topological polar surface area (TPSA) is 36.9 Å². The zero-order valence-electron chi connectivity index (χ0n) is 10.5. The van der Waals surface area contributed by atoms with E-state index in [2.05, 4.69) is 20.8 Å². The first-order valence-electron chi connectivity index (χ1n) is 6.00. The lowest BCUT2D eigenvalue weighted by Gasteiger charge is -2.36. The zero-order chi connectivity index (χ0) is 11.7. The molecule has 4 nitrogen and oxygen atoms in total. The van der Waals surface area contributed by atoms with Crippen molar-refractivity contribution in [2.75, 3.05) is 7.11 Å². The van der Waals surface area contributed by atoms with Crippen molar-refractivity contribution in [1.29, 1.82) is 0 Å². The minimum Gasteiger partial charge on any atom is -0.368 e.